The van der Waals surface area contributed by atoms with Gasteiger partial charge in [0.2, 0.25) is 5.78 Å². The molecule has 8 nitrogen and oxygen atoms in total. The van der Waals surface area contributed by atoms with Crippen molar-refractivity contribution in [2.24, 2.45) is 0 Å². The first-order valence-corrected chi connectivity index (χ1v) is 12.2. The number of para-hydroxylation sites is 1. The van der Waals surface area contributed by atoms with Crippen LogP contribution >= 0.6 is 11.6 Å². The highest BCUT2D eigenvalue weighted by Crippen LogP contribution is 2.45. The first kappa shape index (κ1) is 25.2. The fraction of sp³-hybridized carbons (Fsp3) is 0.172. The highest BCUT2D eigenvalue weighted by atomic mass is 35.5. The van der Waals surface area contributed by atoms with E-state index in [-0.39, 0.29) is 29.4 Å². The summed E-state index contributed by atoms with van der Waals surface area (Å²) in [7, 11) is 1.49. The van der Waals surface area contributed by atoms with Crippen LogP contribution in [0.2, 0.25) is 5.02 Å². The van der Waals surface area contributed by atoms with Crippen LogP contribution < -0.4 is 14.4 Å². The second-order valence-corrected chi connectivity index (χ2v) is 9.19. The fourth-order valence-electron chi connectivity index (χ4n) is 4.66. The molecule has 3 aromatic carbocycles. The topological polar surface area (TPSA) is 109 Å². The molecule has 5 rings (SSSR count). The van der Waals surface area contributed by atoms with E-state index >= 15 is 0 Å². The van der Waals surface area contributed by atoms with E-state index in [9.17, 15) is 19.8 Å². The quantitative estimate of drug-likeness (QED) is 0.269. The monoisotopic (exact) mass is 533 g/mol. The molecule has 1 amide bonds. The Labute approximate surface area is 223 Å². The van der Waals surface area contributed by atoms with Crippen LogP contribution in [0, 0.1) is 6.92 Å². The molecule has 38 heavy (non-hydrogen) atoms. The summed E-state index contributed by atoms with van der Waals surface area (Å²) in [6.07, 6.45) is 0. The maximum atomic E-state index is 13.9. The number of fused-ring (bicyclic) bond motifs is 1. The van der Waals surface area contributed by atoms with Crippen LogP contribution in [0.5, 0.6) is 17.2 Å². The Bertz CT molecular complexity index is 1620. The molecule has 0 bridgehead atoms. The first-order valence-electron chi connectivity index (χ1n) is 11.8. The lowest BCUT2D eigenvalue weighted by Crippen LogP contribution is -2.31. The average Bonchev–Trinajstić information content (AvgIpc) is 3.46. The molecular formula is C29H24ClNO7. The zero-order valence-electron chi connectivity index (χ0n) is 20.8. The molecular weight excluding hydrogens is 510 g/mol. The van der Waals surface area contributed by atoms with Crippen molar-refractivity contribution >= 4 is 39.9 Å². The van der Waals surface area contributed by atoms with E-state index in [1.165, 1.54) is 30.2 Å². The van der Waals surface area contributed by atoms with Crippen LogP contribution in [-0.2, 0) is 4.79 Å². The summed E-state index contributed by atoms with van der Waals surface area (Å²) in [4.78, 5) is 28.8. The summed E-state index contributed by atoms with van der Waals surface area (Å²) < 4.78 is 16.8. The number of rotatable bonds is 7. The van der Waals surface area contributed by atoms with Gasteiger partial charge in [-0.2, -0.15) is 0 Å². The number of phenols is 1. The zero-order chi connectivity index (χ0) is 27.1. The van der Waals surface area contributed by atoms with Crippen LogP contribution in [0.1, 0.15) is 34.6 Å². The third-order valence-corrected chi connectivity index (χ3v) is 6.67. The van der Waals surface area contributed by atoms with Crippen LogP contribution in [-0.4, -0.2) is 35.6 Å². The second-order valence-electron chi connectivity index (χ2n) is 8.75. The Kier molecular flexibility index (Phi) is 6.50. The van der Waals surface area contributed by atoms with E-state index in [1.807, 2.05) is 0 Å². The summed E-state index contributed by atoms with van der Waals surface area (Å²) in [5.41, 5.74) is 1.73. The third kappa shape index (κ3) is 4.13. The van der Waals surface area contributed by atoms with E-state index in [0.29, 0.717) is 38.6 Å². The summed E-state index contributed by atoms with van der Waals surface area (Å²) in [6.45, 7) is 3.84. The minimum absolute atomic E-state index is 0.0719. The van der Waals surface area contributed by atoms with Gasteiger partial charge in [0.25, 0.3) is 5.91 Å². The number of amides is 1. The number of phenolic OH excluding ortho intramolecular Hbond substituents is 1. The fourth-order valence-corrected chi connectivity index (χ4v) is 4.82. The normalized spacial score (nSPS) is 15.4. The minimum atomic E-state index is -1.07. The predicted octanol–water partition coefficient (Wildman–Crippen LogP) is 6.29. The molecule has 0 saturated heterocycles. The third-order valence-electron chi connectivity index (χ3n) is 6.43. The Balaban J connectivity index is 1.70. The SMILES string of the molecule is CCOc1cc(C2C(C(=O)c3cc4cccc(OC)c4o3)=C(O)C(=O)N2c2cc(Cl)ccc2C)ccc1O. The number of carbonyl (C=O) groups excluding carboxylic acids is 2. The molecule has 1 atom stereocenters. The summed E-state index contributed by atoms with van der Waals surface area (Å²) >= 11 is 6.27. The van der Waals surface area contributed by atoms with Crippen LogP contribution in [0.25, 0.3) is 11.0 Å². The summed E-state index contributed by atoms with van der Waals surface area (Å²) in [5.74, 6) is -1.72. The van der Waals surface area contributed by atoms with Gasteiger partial charge in [0.1, 0.15) is 0 Å². The van der Waals surface area contributed by atoms with Gasteiger partial charge in [-0.3, -0.25) is 14.5 Å². The van der Waals surface area contributed by atoms with Crippen molar-refractivity contribution in [3.05, 3.63) is 93.9 Å². The molecule has 1 aromatic heterocycles. The number of methoxy groups -OCH3 is 1. The largest absolute Gasteiger partial charge is 0.504 e. The van der Waals surface area contributed by atoms with E-state index in [0.717, 1.165) is 0 Å². The van der Waals surface area contributed by atoms with E-state index in [1.54, 1.807) is 56.3 Å². The molecule has 2 N–H and O–H groups in total. The number of aryl methyl sites for hydroxylation is 1. The smallest absolute Gasteiger partial charge is 0.294 e. The van der Waals surface area contributed by atoms with Crippen molar-refractivity contribution in [2.45, 2.75) is 19.9 Å². The number of carbonyl (C=O) groups is 2. The number of anilines is 1. The van der Waals surface area contributed by atoms with E-state index in [2.05, 4.69) is 0 Å². The number of aliphatic hydroxyl groups is 1. The predicted molar refractivity (Wildman–Crippen MR) is 142 cm³/mol. The molecule has 1 aliphatic heterocycles. The van der Waals surface area contributed by atoms with Crippen LogP contribution in [0.4, 0.5) is 5.69 Å². The number of furan rings is 1. The van der Waals surface area contributed by atoms with E-state index < -0.39 is 23.5 Å². The van der Waals surface area contributed by atoms with Gasteiger partial charge in [-0.1, -0.05) is 35.9 Å². The molecule has 9 heteroatoms. The van der Waals surface area contributed by atoms with E-state index in [4.69, 9.17) is 25.5 Å². The second kappa shape index (κ2) is 9.79. The number of ether oxygens (including phenoxy) is 2. The maximum Gasteiger partial charge on any atom is 0.294 e. The zero-order valence-corrected chi connectivity index (χ0v) is 21.6. The van der Waals surface area contributed by atoms with Crippen LogP contribution in [0.3, 0.4) is 0 Å². The molecule has 1 aliphatic rings. The molecule has 0 radical (unpaired) electrons. The molecule has 194 valence electrons. The van der Waals surface area contributed by atoms with Gasteiger partial charge >= 0.3 is 0 Å². The lowest BCUT2D eigenvalue weighted by molar-refractivity contribution is -0.117. The molecule has 1 unspecified atom stereocenters. The summed E-state index contributed by atoms with van der Waals surface area (Å²) in [5, 5.41) is 22.4. The Hall–Kier alpha value is -4.43. The Morgan fingerprint density at radius 3 is 2.61 bits per heavy atom. The van der Waals surface area contributed by atoms with Gasteiger partial charge < -0.3 is 24.1 Å². The number of halogens is 1. The van der Waals surface area contributed by atoms with Crippen molar-refractivity contribution in [2.75, 3.05) is 18.6 Å². The number of hydrogen-bond donors (Lipinski definition) is 2. The van der Waals surface area contributed by atoms with Gasteiger partial charge in [0.15, 0.2) is 34.4 Å². The first-order chi connectivity index (χ1) is 18.2. The number of hydrogen-bond acceptors (Lipinski definition) is 7. The Morgan fingerprint density at radius 2 is 1.87 bits per heavy atom. The van der Waals surface area contributed by atoms with Crippen molar-refractivity contribution in [1.29, 1.82) is 0 Å². The number of benzene rings is 3. The van der Waals surface area contributed by atoms with Gasteiger partial charge in [-0.15, -0.1) is 0 Å². The molecule has 0 aliphatic carbocycles. The van der Waals surface area contributed by atoms with Crippen molar-refractivity contribution in [3.63, 3.8) is 0 Å². The highest BCUT2D eigenvalue weighted by Gasteiger charge is 2.46. The van der Waals surface area contributed by atoms with Gasteiger partial charge in [-0.05, 0) is 61.4 Å². The molecule has 2 heterocycles. The lowest BCUT2D eigenvalue weighted by atomic mass is 9.94. The minimum Gasteiger partial charge on any atom is -0.504 e. The molecule has 0 fully saturated rings. The van der Waals surface area contributed by atoms with Crippen molar-refractivity contribution < 1.29 is 33.7 Å². The van der Waals surface area contributed by atoms with Gasteiger partial charge in [0.05, 0.1) is 25.3 Å². The number of nitrogens with zero attached hydrogens (tertiary/aromatic N) is 1. The number of aromatic hydroxyl groups is 1. The Morgan fingerprint density at radius 1 is 1.08 bits per heavy atom. The van der Waals surface area contributed by atoms with Gasteiger partial charge in [-0.25, -0.2) is 0 Å². The number of aliphatic hydroxyl groups excluding tert-OH is 1. The summed E-state index contributed by atoms with van der Waals surface area (Å²) in [6, 6.07) is 15.2. The molecule has 4 aromatic rings. The molecule has 0 spiro atoms. The van der Waals surface area contributed by atoms with Crippen LogP contribution in [0.15, 0.2) is 76.4 Å². The lowest BCUT2D eigenvalue weighted by Gasteiger charge is -2.28. The highest BCUT2D eigenvalue weighted by molar-refractivity contribution is 6.31. The number of ketones is 1. The number of Topliss-reactive ketones (excluding diaryl/α,β-unsaturated/α-hetero) is 1. The van der Waals surface area contributed by atoms with Crippen molar-refractivity contribution in [1.82, 2.24) is 0 Å². The van der Waals surface area contributed by atoms with Gasteiger partial charge in [0, 0.05) is 16.1 Å². The maximum absolute atomic E-state index is 13.9. The average molecular weight is 534 g/mol. The standard InChI is InChI=1S/C29H24ClNO7/c1-4-37-22-12-16(9-11-20(22)32)25-24(26(33)23-13-17-6-5-7-21(36-3)28(17)38-23)27(34)29(35)31(25)19-14-18(30)10-8-15(19)2/h5-14,25,32,34H,4H2,1-3H3. The molecule has 0 saturated carbocycles. The van der Waals surface area contributed by atoms with Crippen molar-refractivity contribution in [3.8, 4) is 17.2 Å².